The fourth-order valence-electron chi connectivity index (χ4n) is 7.43. The Morgan fingerprint density at radius 1 is 1.12 bits per heavy atom. The van der Waals surface area contributed by atoms with Crippen LogP contribution in [0.5, 0.6) is 5.75 Å². The summed E-state index contributed by atoms with van der Waals surface area (Å²) in [4.78, 5) is 17.8. The quantitative estimate of drug-likeness (QED) is 0.529. The lowest BCUT2D eigenvalue weighted by atomic mass is 9.53. The van der Waals surface area contributed by atoms with E-state index in [9.17, 15) is 4.79 Å². The maximum atomic E-state index is 12.9. The van der Waals surface area contributed by atoms with Crippen LogP contribution in [-0.4, -0.2) is 69.0 Å². The Bertz CT molecular complexity index is 861. The van der Waals surface area contributed by atoms with Crippen molar-refractivity contribution in [3.63, 3.8) is 0 Å². The molecule has 0 bridgehead atoms. The van der Waals surface area contributed by atoms with E-state index in [0.717, 1.165) is 57.9 Å². The van der Waals surface area contributed by atoms with Gasteiger partial charge >= 0.3 is 5.97 Å². The molecule has 1 aromatic rings. The average Bonchev–Trinajstić information content (AvgIpc) is 3.51. The molecule has 6 heteroatoms. The van der Waals surface area contributed by atoms with Crippen molar-refractivity contribution in [3.05, 3.63) is 24.3 Å². The summed E-state index contributed by atoms with van der Waals surface area (Å²) in [6, 6.07) is 8.31. The van der Waals surface area contributed by atoms with Crippen molar-refractivity contribution in [2.24, 2.45) is 23.2 Å². The molecule has 1 aromatic carbocycles. The Morgan fingerprint density at radius 3 is 2.56 bits per heavy atom. The van der Waals surface area contributed by atoms with Crippen LogP contribution >= 0.6 is 0 Å². The minimum Gasteiger partial charge on any atom is -0.497 e. The standard InChI is InChI=1S/C26H36N2O4/c1-25-8-3-9-26(17-31-26)23(25)14-20-21(24(29)32-22(20)15-25)16-27-10-12-28(13-11-27)18-4-6-19(30-2)7-5-18/h4-7,20-23H,3,8-17H2,1-2H3/t20-,21+,22-,23-,25-,26+/m1/s1. The van der Waals surface area contributed by atoms with Crippen molar-refractivity contribution in [1.82, 2.24) is 4.90 Å². The molecule has 3 aliphatic heterocycles. The second-order valence-corrected chi connectivity index (χ2v) is 11.1. The zero-order chi connectivity index (χ0) is 21.9. The van der Waals surface area contributed by atoms with Gasteiger partial charge in [0.2, 0.25) is 0 Å². The van der Waals surface area contributed by atoms with Gasteiger partial charge in [-0.1, -0.05) is 6.92 Å². The molecule has 5 fully saturated rings. The summed E-state index contributed by atoms with van der Waals surface area (Å²) in [6.45, 7) is 8.14. The molecule has 32 heavy (non-hydrogen) atoms. The van der Waals surface area contributed by atoms with Gasteiger partial charge in [0.1, 0.15) is 11.9 Å². The van der Waals surface area contributed by atoms with E-state index in [4.69, 9.17) is 14.2 Å². The van der Waals surface area contributed by atoms with Crippen LogP contribution in [0.1, 0.15) is 39.0 Å². The number of benzene rings is 1. The first-order valence-electron chi connectivity index (χ1n) is 12.5. The van der Waals surface area contributed by atoms with Gasteiger partial charge in [-0.25, -0.2) is 0 Å². The molecule has 6 nitrogen and oxygen atoms in total. The van der Waals surface area contributed by atoms with Gasteiger partial charge in [-0.2, -0.15) is 0 Å². The van der Waals surface area contributed by atoms with Crippen LogP contribution in [-0.2, 0) is 14.3 Å². The Balaban J connectivity index is 1.10. The van der Waals surface area contributed by atoms with Crippen LogP contribution in [0.2, 0.25) is 0 Å². The van der Waals surface area contributed by atoms with Crippen LogP contribution in [0, 0.1) is 23.2 Å². The molecule has 0 amide bonds. The SMILES string of the molecule is COc1ccc(N2CCN(C[C@@H]3C(=O)O[C@@H]4C[C@@]5(C)CCC[C@]6(CO6)[C@@H]5C[C@H]34)CC2)cc1. The van der Waals surface area contributed by atoms with Gasteiger partial charge in [0, 0.05) is 44.3 Å². The van der Waals surface area contributed by atoms with Crippen molar-refractivity contribution in [3.8, 4) is 5.75 Å². The number of rotatable bonds is 4. The van der Waals surface area contributed by atoms with Crippen LogP contribution in [0.25, 0.3) is 0 Å². The molecule has 2 aliphatic carbocycles. The fraction of sp³-hybridized carbons (Fsp3) is 0.731. The van der Waals surface area contributed by atoms with Crippen molar-refractivity contribution >= 4 is 11.7 Å². The van der Waals surface area contributed by atoms with Gasteiger partial charge in [0.15, 0.2) is 0 Å². The lowest BCUT2D eigenvalue weighted by Crippen LogP contribution is -2.52. The molecular weight excluding hydrogens is 404 g/mol. The highest BCUT2D eigenvalue weighted by atomic mass is 16.6. The number of ether oxygens (including phenoxy) is 3. The summed E-state index contributed by atoms with van der Waals surface area (Å²) in [5.41, 5.74) is 1.64. The Labute approximate surface area is 191 Å². The second kappa shape index (κ2) is 7.63. The van der Waals surface area contributed by atoms with E-state index >= 15 is 0 Å². The van der Waals surface area contributed by atoms with Gasteiger partial charge in [0.25, 0.3) is 0 Å². The Kier molecular flexibility index (Phi) is 4.95. The fourth-order valence-corrected chi connectivity index (χ4v) is 7.43. The zero-order valence-corrected chi connectivity index (χ0v) is 19.4. The van der Waals surface area contributed by atoms with Gasteiger partial charge in [0.05, 0.1) is 25.2 Å². The van der Waals surface area contributed by atoms with Gasteiger partial charge in [-0.05, 0) is 67.7 Å². The number of carbonyl (C=O) groups excluding carboxylic acids is 1. The topological polar surface area (TPSA) is 54.5 Å². The van der Waals surface area contributed by atoms with Crippen molar-refractivity contribution < 1.29 is 19.0 Å². The highest BCUT2D eigenvalue weighted by Crippen LogP contribution is 2.62. The number of esters is 1. The first-order chi connectivity index (χ1) is 15.5. The first kappa shape index (κ1) is 20.8. The summed E-state index contributed by atoms with van der Waals surface area (Å²) in [7, 11) is 1.70. The van der Waals surface area contributed by atoms with Gasteiger partial charge in [-0.3, -0.25) is 9.69 Å². The smallest absolute Gasteiger partial charge is 0.310 e. The largest absolute Gasteiger partial charge is 0.497 e. The molecule has 0 radical (unpaired) electrons. The Hall–Kier alpha value is -1.79. The lowest BCUT2D eigenvalue weighted by Gasteiger charge is -2.51. The average molecular weight is 441 g/mol. The van der Waals surface area contributed by atoms with E-state index < -0.39 is 0 Å². The molecule has 5 aliphatic rings. The minimum atomic E-state index is 0.0230. The molecule has 3 heterocycles. The van der Waals surface area contributed by atoms with Crippen molar-refractivity contribution in [2.45, 2.75) is 50.7 Å². The number of nitrogens with zero attached hydrogens (tertiary/aromatic N) is 2. The van der Waals surface area contributed by atoms with E-state index in [0.29, 0.717) is 11.8 Å². The number of methoxy groups -OCH3 is 1. The monoisotopic (exact) mass is 440 g/mol. The predicted molar refractivity (Wildman–Crippen MR) is 122 cm³/mol. The van der Waals surface area contributed by atoms with Crippen molar-refractivity contribution in [1.29, 1.82) is 0 Å². The van der Waals surface area contributed by atoms with E-state index in [1.807, 2.05) is 12.1 Å². The summed E-state index contributed by atoms with van der Waals surface area (Å²) >= 11 is 0. The number of epoxide rings is 1. The van der Waals surface area contributed by atoms with E-state index in [-0.39, 0.29) is 29.0 Å². The molecule has 3 saturated heterocycles. The third-order valence-electron chi connectivity index (χ3n) is 9.34. The molecule has 6 atom stereocenters. The van der Waals surface area contributed by atoms with E-state index in [2.05, 4.69) is 28.9 Å². The van der Waals surface area contributed by atoms with Gasteiger partial charge in [-0.15, -0.1) is 0 Å². The molecule has 0 N–H and O–H groups in total. The number of piperazine rings is 1. The van der Waals surface area contributed by atoms with E-state index in [1.54, 1.807) is 7.11 Å². The van der Waals surface area contributed by atoms with Crippen LogP contribution in [0.3, 0.4) is 0 Å². The number of hydrogen-bond donors (Lipinski definition) is 0. The number of anilines is 1. The maximum Gasteiger partial charge on any atom is 0.310 e. The van der Waals surface area contributed by atoms with E-state index in [1.165, 1.54) is 24.9 Å². The predicted octanol–water partition coefficient (Wildman–Crippen LogP) is 3.34. The molecule has 174 valence electrons. The third kappa shape index (κ3) is 3.41. The van der Waals surface area contributed by atoms with Crippen LogP contribution in [0.15, 0.2) is 24.3 Å². The molecule has 2 saturated carbocycles. The first-order valence-corrected chi connectivity index (χ1v) is 12.5. The summed E-state index contributed by atoms with van der Waals surface area (Å²) in [6.07, 6.45) is 5.95. The normalized spacial score (nSPS) is 41.2. The number of hydrogen-bond acceptors (Lipinski definition) is 6. The summed E-state index contributed by atoms with van der Waals surface area (Å²) in [5.74, 6) is 1.91. The number of fused-ring (bicyclic) bond motifs is 3. The molecule has 0 unspecified atom stereocenters. The summed E-state index contributed by atoms with van der Waals surface area (Å²) < 4.78 is 17.3. The second-order valence-electron chi connectivity index (χ2n) is 11.1. The lowest BCUT2D eigenvalue weighted by molar-refractivity contribution is -0.147. The molecular formula is C26H36N2O4. The number of carbonyl (C=O) groups is 1. The Morgan fingerprint density at radius 2 is 1.88 bits per heavy atom. The molecule has 6 rings (SSSR count). The molecule has 0 aromatic heterocycles. The van der Waals surface area contributed by atoms with Crippen LogP contribution in [0.4, 0.5) is 5.69 Å². The highest BCUT2D eigenvalue weighted by Gasteiger charge is 2.65. The molecule has 1 spiro atoms. The van der Waals surface area contributed by atoms with Gasteiger partial charge < -0.3 is 19.1 Å². The minimum absolute atomic E-state index is 0.0230. The third-order valence-corrected chi connectivity index (χ3v) is 9.34. The van der Waals surface area contributed by atoms with Crippen LogP contribution < -0.4 is 9.64 Å². The maximum absolute atomic E-state index is 12.9. The highest BCUT2D eigenvalue weighted by molar-refractivity contribution is 5.75. The summed E-state index contributed by atoms with van der Waals surface area (Å²) in [5, 5.41) is 0. The zero-order valence-electron chi connectivity index (χ0n) is 19.4. The van der Waals surface area contributed by atoms with Crippen molar-refractivity contribution in [2.75, 3.05) is 51.3 Å².